The number of amides is 2. The highest BCUT2D eigenvalue weighted by molar-refractivity contribution is 6.33. The van der Waals surface area contributed by atoms with Gasteiger partial charge in [-0.1, -0.05) is 37.6 Å². The summed E-state index contributed by atoms with van der Waals surface area (Å²) in [6.07, 6.45) is 0. The van der Waals surface area contributed by atoms with Crippen LogP contribution in [0.3, 0.4) is 0 Å². The second-order valence-electron chi connectivity index (χ2n) is 4.16. The molecule has 0 aromatic heterocycles. The second-order valence-corrected chi connectivity index (χ2v) is 4.57. The van der Waals surface area contributed by atoms with E-state index in [1.807, 2.05) is 26.0 Å². The summed E-state index contributed by atoms with van der Waals surface area (Å²) in [6, 6.07) is 6.75. The van der Waals surface area contributed by atoms with Crippen LogP contribution in [0.5, 0.6) is 0 Å². The zero-order valence-electron chi connectivity index (χ0n) is 10.0. The van der Waals surface area contributed by atoms with Crippen LogP contribution in [-0.4, -0.2) is 18.6 Å². The highest BCUT2D eigenvalue weighted by Gasteiger charge is 2.14. The number of rotatable bonds is 4. The minimum Gasteiger partial charge on any atom is -0.334 e. The van der Waals surface area contributed by atoms with Crippen LogP contribution in [0.2, 0.25) is 5.02 Å². The molecule has 0 heterocycles. The molecule has 2 amide bonds. The molecule has 4 nitrogen and oxygen atoms in total. The normalized spacial score (nSPS) is 12.3. The molecule has 1 aromatic rings. The SMILES string of the molecule is CC(C)C(CN)NC(=O)Nc1ccccc1Cl. The Hall–Kier alpha value is -1.26. The molecule has 0 aliphatic carbocycles. The monoisotopic (exact) mass is 255 g/mol. The van der Waals surface area contributed by atoms with Crippen molar-refractivity contribution in [2.75, 3.05) is 11.9 Å². The molecule has 4 N–H and O–H groups in total. The largest absolute Gasteiger partial charge is 0.334 e. The topological polar surface area (TPSA) is 67.1 Å². The van der Waals surface area contributed by atoms with Crippen LogP contribution >= 0.6 is 11.6 Å². The zero-order valence-corrected chi connectivity index (χ0v) is 10.8. The molecule has 1 rings (SSSR count). The molecule has 1 atom stereocenters. The van der Waals surface area contributed by atoms with Crippen LogP contribution in [0.15, 0.2) is 24.3 Å². The highest BCUT2D eigenvalue weighted by atomic mass is 35.5. The molecular weight excluding hydrogens is 238 g/mol. The van der Waals surface area contributed by atoms with Gasteiger partial charge < -0.3 is 16.4 Å². The fraction of sp³-hybridized carbons (Fsp3) is 0.417. The molecular formula is C12H18ClN3O. The maximum Gasteiger partial charge on any atom is 0.319 e. The van der Waals surface area contributed by atoms with E-state index in [1.165, 1.54) is 0 Å². The highest BCUT2D eigenvalue weighted by Crippen LogP contribution is 2.20. The van der Waals surface area contributed by atoms with Gasteiger partial charge in [-0.05, 0) is 18.1 Å². The second kappa shape index (κ2) is 6.47. The quantitative estimate of drug-likeness (QED) is 0.774. The van der Waals surface area contributed by atoms with Gasteiger partial charge in [0.2, 0.25) is 0 Å². The molecule has 0 aliphatic heterocycles. The minimum atomic E-state index is -0.290. The number of urea groups is 1. The molecule has 0 saturated heterocycles. The summed E-state index contributed by atoms with van der Waals surface area (Å²) in [6.45, 7) is 4.42. The predicted molar refractivity (Wildman–Crippen MR) is 71.3 cm³/mol. The molecule has 0 bridgehead atoms. The Morgan fingerprint density at radius 2 is 2.06 bits per heavy atom. The average Bonchev–Trinajstić information content (AvgIpc) is 2.28. The van der Waals surface area contributed by atoms with Crippen LogP contribution in [0.4, 0.5) is 10.5 Å². The van der Waals surface area contributed by atoms with Crippen LogP contribution < -0.4 is 16.4 Å². The van der Waals surface area contributed by atoms with Crippen molar-refractivity contribution in [2.45, 2.75) is 19.9 Å². The predicted octanol–water partition coefficient (Wildman–Crippen LogP) is 2.44. The molecule has 1 unspecified atom stereocenters. The zero-order chi connectivity index (χ0) is 12.8. The third-order valence-corrected chi connectivity index (χ3v) is 2.83. The molecule has 0 fully saturated rings. The van der Waals surface area contributed by atoms with Gasteiger partial charge in [0.05, 0.1) is 10.7 Å². The Bertz CT molecular complexity index is 382. The summed E-state index contributed by atoms with van der Waals surface area (Å²) in [5, 5.41) is 6.01. The number of carbonyl (C=O) groups is 1. The van der Waals surface area contributed by atoms with E-state index < -0.39 is 0 Å². The van der Waals surface area contributed by atoms with Crippen molar-refractivity contribution in [1.29, 1.82) is 0 Å². The Balaban J connectivity index is 2.58. The van der Waals surface area contributed by atoms with E-state index in [-0.39, 0.29) is 18.0 Å². The van der Waals surface area contributed by atoms with Crippen molar-refractivity contribution in [1.82, 2.24) is 5.32 Å². The van der Waals surface area contributed by atoms with Crippen molar-refractivity contribution in [3.8, 4) is 0 Å². The number of hydrogen-bond acceptors (Lipinski definition) is 2. The number of anilines is 1. The van der Waals surface area contributed by atoms with Gasteiger partial charge in [0.25, 0.3) is 0 Å². The Labute approximate surface area is 107 Å². The van der Waals surface area contributed by atoms with Crippen LogP contribution in [0.25, 0.3) is 0 Å². The van der Waals surface area contributed by atoms with Crippen LogP contribution in [0.1, 0.15) is 13.8 Å². The van der Waals surface area contributed by atoms with Crippen molar-refractivity contribution in [3.05, 3.63) is 29.3 Å². The summed E-state index contributed by atoms with van der Waals surface area (Å²) >= 11 is 5.93. The lowest BCUT2D eigenvalue weighted by Gasteiger charge is -2.20. The molecule has 5 heteroatoms. The number of benzene rings is 1. The molecule has 17 heavy (non-hydrogen) atoms. The van der Waals surface area contributed by atoms with Gasteiger partial charge in [-0.15, -0.1) is 0 Å². The lowest BCUT2D eigenvalue weighted by atomic mass is 10.1. The number of para-hydroxylation sites is 1. The Kier molecular flexibility index (Phi) is 5.25. The van der Waals surface area contributed by atoms with E-state index in [1.54, 1.807) is 12.1 Å². The number of nitrogens with one attached hydrogen (secondary N) is 2. The van der Waals surface area contributed by atoms with E-state index in [0.717, 1.165) is 0 Å². The lowest BCUT2D eigenvalue weighted by molar-refractivity contribution is 0.245. The van der Waals surface area contributed by atoms with E-state index in [0.29, 0.717) is 17.3 Å². The third-order valence-electron chi connectivity index (χ3n) is 2.50. The Morgan fingerprint density at radius 1 is 1.41 bits per heavy atom. The van der Waals surface area contributed by atoms with Crippen molar-refractivity contribution in [2.24, 2.45) is 11.7 Å². The van der Waals surface area contributed by atoms with Gasteiger partial charge in [-0.3, -0.25) is 0 Å². The van der Waals surface area contributed by atoms with Gasteiger partial charge in [0, 0.05) is 12.6 Å². The first-order valence-electron chi connectivity index (χ1n) is 5.56. The van der Waals surface area contributed by atoms with Gasteiger partial charge in [-0.2, -0.15) is 0 Å². The van der Waals surface area contributed by atoms with Crippen molar-refractivity contribution in [3.63, 3.8) is 0 Å². The number of hydrogen-bond donors (Lipinski definition) is 3. The van der Waals surface area contributed by atoms with Crippen LogP contribution in [-0.2, 0) is 0 Å². The molecule has 94 valence electrons. The van der Waals surface area contributed by atoms with E-state index in [4.69, 9.17) is 17.3 Å². The molecule has 0 aliphatic rings. The first kappa shape index (κ1) is 13.8. The van der Waals surface area contributed by atoms with E-state index in [9.17, 15) is 4.79 Å². The van der Waals surface area contributed by atoms with E-state index in [2.05, 4.69) is 10.6 Å². The third kappa shape index (κ3) is 4.24. The van der Waals surface area contributed by atoms with Gasteiger partial charge in [-0.25, -0.2) is 4.79 Å². The molecule has 1 aromatic carbocycles. The first-order chi connectivity index (χ1) is 8.04. The van der Waals surface area contributed by atoms with E-state index >= 15 is 0 Å². The fourth-order valence-electron chi connectivity index (χ4n) is 1.39. The number of nitrogens with two attached hydrogens (primary N) is 1. The fourth-order valence-corrected chi connectivity index (χ4v) is 1.57. The molecule has 0 radical (unpaired) electrons. The Morgan fingerprint density at radius 3 is 2.59 bits per heavy atom. The molecule has 0 spiro atoms. The first-order valence-corrected chi connectivity index (χ1v) is 5.94. The summed E-state index contributed by atoms with van der Waals surface area (Å²) in [5.74, 6) is 0.289. The minimum absolute atomic E-state index is 0.0440. The number of carbonyl (C=O) groups excluding carboxylic acids is 1. The standard InChI is InChI=1S/C12H18ClN3O/c1-8(2)11(7-14)16-12(17)15-10-6-4-3-5-9(10)13/h3-6,8,11H,7,14H2,1-2H3,(H2,15,16,17). The van der Waals surface area contributed by atoms with Crippen molar-refractivity contribution < 1.29 is 4.79 Å². The summed E-state index contributed by atoms with van der Waals surface area (Å²) in [7, 11) is 0. The molecule has 0 saturated carbocycles. The summed E-state index contributed by atoms with van der Waals surface area (Å²) < 4.78 is 0. The van der Waals surface area contributed by atoms with Gasteiger partial charge in [0.1, 0.15) is 0 Å². The summed E-state index contributed by atoms with van der Waals surface area (Å²) in [4.78, 5) is 11.7. The lowest BCUT2D eigenvalue weighted by Crippen LogP contribution is -2.45. The van der Waals surface area contributed by atoms with Crippen LogP contribution in [0, 0.1) is 5.92 Å². The smallest absolute Gasteiger partial charge is 0.319 e. The van der Waals surface area contributed by atoms with Crippen molar-refractivity contribution >= 4 is 23.3 Å². The van der Waals surface area contributed by atoms with Gasteiger partial charge in [0.15, 0.2) is 0 Å². The summed E-state index contributed by atoms with van der Waals surface area (Å²) in [5.41, 5.74) is 6.17. The number of halogens is 1. The maximum atomic E-state index is 11.7. The maximum absolute atomic E-state index is 11.7. The average molecular weight is 256 g/mol. The van der Waals surface area contributed by atoms with Gasteiger partial charge >= 0.3 is 6.03 Å².